The summed E-state index contributed by atoms with van der Waals surface area (Å²) in [6.07, 6.45) is 1.72. The fourth-order valence-electron chi connectivity index (χ4n) is 2.04. The molecule has 0 atom stereocenters. The maximum atomic E-state index is 12.7. The lowest BCUT2D eigenvalue weighted by Crippen LogP contribution is -2.37. The highest BCUT2D eigenvalue weighted by Gasteiger charge is 2.21. The van der Waals surface area contributed by atoms with Crippen molar-refractivity contribution in [3.63, 3.8) is 0 Å². The van der Waals surface area contributed by atoms with Crippen LogP contribution in [0.3, 0.4) is 0 Å². The van der Waals surface area contributed by atoms with Crippen molar-refractivity contribution in [1.29, 1.82) is 0 Å². The number of pyridine rings is 1. The molecule has 4 nitrogen and oxygen atoms in total. The normalized spacial score (nSPS) is 10.7. The fraction of sp³-hybridized carbons (Fsp3) is 0.250. The van der Waals surface area contributed by atoms with E-state index in [2.05, 4.69) is 4.98 Å². The number of anilines is 1. The van der Waals surface area contributed by atoms with Gasteiger partial charge in [-0.2, -0.15) is 0 Å². The van der Waals surface area contributed by atoms with Gasteiger partial charge in [0, 0.05) is 22.9 Å². The Labute approximate surface area is 129 Å². The van der Waals surface area contributed by atoms with Gasteiger partial charge in [-0.3, -0.25) is 9.78 Å². The summed E-state index contributed by atoms with van der Waals surface area (Å²) in [6.45, 7) is 4.37. The molecule has 110 valence electrons. The van der Waals surface area contributed by atoms with Gasteiger partial charge in [0.25, 0.3) is 5.91 Å². The number of carbonyl (C=O) groups excluding carboxylic acids is 1. The molecule has 1 aromatic carbocycles. The van der Waals surface area contributed by atoms with E-state index in [9.17, 15) is 4.79 Å². The molecule has 0 bridgehead atoms. The molecule has 21 heavy (non-hydrogen) atoms. The number of hydrogen-bond donors (Lipinski definition) is 1. The van der Waals surface area contributed by atoms with Crippen molar-refractivity contribution in [3.8, 4) is 0 Å². The predicted molar refractivity (Wildman–Crippen MR) is 85.1 cm³/mol. The van der Waals surface area contributed by atoms with Crippen molar-refractivity contribution in [2.75, 3.05) is 5.73 Å². The number of carbonyl (C=O) groups is 1. The van der Waals surface area contributed by atoms with Gasteiger partial charge in [-0.05, 0) is 44.2 Å². The number of benzene rings is 1. The first-order valence-corrected chi connectivity index (χ1v) is 7.12. The van der Waals surface area contributed by atoms with Gasteiger partial charge in [0.2, 0.25) is 0 Å². The highest BCUT2D eigenvalue weighted by atomic mass is 35.5. The minimum atomic E-state index is -0.121. The van der Waals surface area contributed by atoms with Crippen molar-refractivity contribution in [2.24, 2.45) is 0 Å². The predicted octanol–water partition coefficient (Wildman–Crippen LogP) is 3.37. The van der Waals surface area contributed by atoms with E-state index in [1.54, 1.807) is 29.3 Å². The lowest BCUT2D eigenvalue weighted by atomic mass is 10.1. The first-order valence-electron chi connectivity index (χ1n) is 6.75. The van der Waals surface area contributed by atoms with Crippen LogP contribution in [-0.2, 0) is 6.54 Å². The number of nitrogens with two attached hydrogens (primary N) is 1. The van der Waals surface area contributed by atoms with Crippen molar-refractivity contribution in [2.45, 2.75) is 26.4 Å². The maximum absolute atomic E-state index is 12.7. The molecule has 2 aromatic rings. The third-order valence-electron chi connectivity index (χ3n) is 3.19. The molecular formula is C16H18ClN3O. The Morgan fingerprint density at radius 1 is 1.33 bits per heavy atom. The minimum Gasteiger partial charge on any atom is -0.398 e. The van der Waals surface area contributed by atoms with Gasteiger partial charge in [-0.25, -0.2) is 0 Å². The molecule has 2 N–H and O–H groups in total. The van der Waals surface area contributed by atoms with Gasteiger partial charge in [-0.15, -0.1) is 0 Å². The van der Waals surface area contributed by atoms with Gasteiger partial charge in [0.1, 0.15) is 0 Å². The number of hydrogen-bond acceptors (Lipinski definition) is 3. The summed E-state index contributed by atoms with van der Waals surface area (Å²) in [7, 11) is 0. The monoisotopic (exact) mass is 303 g/mol. The molecule has 5 heteroatoms. The van der Waals surface area contributed by atoms with Crippen LogP contribution >= 0.6 is 11.6 Å². The largest absolute Gasteiger partial charge is 0.398 e. The van der Waals surface area contributed by atoms with E-state index in [1.165, 1.54) is 0 Å². The SMILES string of the molecule is CC(C)N(Cc1ccccn1)C(=O)c1ccc(Cl)cc1N. The van der Waals surface area contributed by atoms with Crippen LogP contribution in [0.2, 0.25) is 5.02 Å². The van der Waals surface area contributed by atoms with E-state index in [1.807, 2.05) is 32.0 Å². The van der Waals surface area contributed by atoms with Gasteiger partial charge in [0.15, 0.2) is 0 Å². The highest BCUT2D eigenvalue weighted by molar-refractivity contribution is 6.31. The van der Waals surface area contributed by atoms with Crippen LogP contribution < -0.4 is 5.73 Å². The molecule has 0 fully saturated rings. The van der Waals surface area contributed by atoms with E-state index in [4.69, 9.17) is 17.3 Å². The van der Waals surface area contributed by atoms with E-state index in [-0.39, 0.29) is 11.9 Å². The topological polar surface area (TPSA) is 59.2 Å². The van der Waals surface area contributed by atoms with Gasteiger partial charge in [-0.1, -0.05) is 17.7 Å². The van der Waals surface area contributed by atoms with Gasteiger partial charge in [0.05, 0.1) is 17.8 Å². The summed E-state index contributed by atoms with van der Waals surface area (Å²) in [6, 6.07) is 10.6. The number of nitrogens with zero attached hydrogens (tertiary/aromatic N) is 2. The smallest absolute Gasteiger partial charge is 0.256 e. The average Bonchev–Trinajstić information content (AvgIpc) is 2.45. The zero-order valence-electron chi connectivity index (χ0n) is 12.1. The number of rotatable bonds is 4. The number of halogens is 1. The molecule has 0 aliphatic heterocycles. The highest BCUT2D eigenvalue weighted by Crippen LogP contribution is 2.21. The van der Waals surface area contributed by atoms with Crippen LogP contribution in [0.25, 0.3) is 0 Å². The third kappa shape index (κ3) is 3.73. The zero-order valence-corrected chi connectivity index (χ0v) is 12.8. The molecule has 0 unspecified atom stereocenters. The number of amides is 1. The Morgan fingerprint density at radius 2 is 2.10 bits per heavy atom. The summed E-state index contributed by atoms with van der Waals surface area (Å²) in [5.41, 5.74) is 7.60. The first-order chi connectivity index (χ1) is 9.99. The maximum Gasteiger partial charge on any atom is 0.256 e. The molecule has 0 saturated heterocycles. The summed E-state index contributed by atoms with van der Waals surface area (Å²) >= 11 is 5.88. The van der Waals surface area contributed by atoms with Gasteiger partial charge < -0.3 is 10.6 Å². The Balaban J connectivity index is 2.27. The Bertz CT molecular complexity index is 629. The quantitative estimate of drug-likeness (QED) is 0.881. The van der Waals surface area contributed by atoms with E-state index >= 15 is 0 Å². The molecule has 0 radical (unpaired) electrons. The molecule has 1 amide bonds. The van der Waals surface area contributed by atoms with Crippen LogP contribution in [0.5, 0.6) is 0 Å². The third-order valence-corrected chi connectivity index (χ3v) is 3.42. The summed E-state index contributed by atoms with van der Waals surface area (Å²) in [4.78, 5) is 18.7. The molecule has 0 aliphatic carbocycles. The molecular weight excluding hydrogens is 286 g/mol. The van der Waals surface area contributed by atoms with Crippen LogP contribution in [0.1, 0.15) is 29.9 Å². The second-order valence-electron chi connectivity index (χ2n) is 5.08. The Kier molecular flexibility index (Phi) is 4.81. The fourth-order valence-corrected chi connectivity index (χ4v) is 2.22. The second-order valence-corrected chi connectivity index (χ2v) is 5.52. The zero-order chi connectivity index (χ0) is 15.4. The van der Waals surface area contributed by atoms with Crippen LogP contribution in [-0.4, -0.2) is 21.8 Å². The molecule has 0 aliphatic rings. The van der Waals surface area contributed by atoms with Crippen LogP contribution in [0.4, 0.5) is 5.69 Å². The van der Waals surface area contributed by atoms with Crippen molar-refractivity contribution >= 4 is 23.2 Å². The minimum absolute atomic E-state index is 0.0367. The Morgan fingerprint density at radius 3 is 2.67 bits per heavy atom. The van der Waals surface area contributed by atoms with Crippen LogP contribution in [0.15, 0.2) is 42.6 Å². The Hall–Kier alpha value is -2.07. The van der Waals surface area contributed by atoms with Gasteiger partial charge >= 0.3 is 0 Å². The second kappa shape index (κ2) is 6.59. The molecule has 1 aromatic heterocycles. The van der Waals surface area contributed by atoms with E-state index in [0.717, 1.165) is 5.69 Å². The summed E-state index contributed by atoms with van der Waals surface area (Å²) < 4.78 is 0. The number of nitrogen functional groups attached to an aromatic ring is 1. The molecule has 2 rings (SSSR count). The van der Waals surface area contributed by atoms with E-state index in [0.29, 0.717) is 22.8 Å². The first kappa shape index (κ1) is 15.3. The lowest BCUT2D eigenvalue weighted by Gasteiger charge is -2.27. The van der Waals surface area contributed by atoms with E-state index < -0.39 is 0 Å². The average molecular weight is 304 g/mol. The number of aromatic nitrogens is 1. The van der Waals surface area contributed by atoms with Crippen molar-refractivity contribution < 1.29 is 4.79 Å². The lowest BCUT2D eigenvalue weighted by molar-refractivity contribution is 0.0689. The van der Waals surface area contributed by atoms with Crippen LogP contribution in [0, 0.1) is 0 Å². The standard InChI is InChI=1S/C16H18ClN3O/c1-11(2)20(10-13-5-3-4-8-19-13)16(21)14-7-6-12(17)9-15(14)18/h3-9,11H,10,18H2,1-2H3. The summed E-state index contributed by atoms with van der Waals surface area (Å²) in [5, 5.41) is 0.518. The van der Waals surface area contributed by atoms with Crippen molar-refractivity contribution in [1.82, 2.24) is 9.88 Å². The molecule has 1 heterocycles. The summed E-state index contributed by atoms with van der Waals surface area (Å²) in [5.74, 6) is -0.121. The molecule has 0 spiro atoms. The molecule has 0 saturated carbocycles. The van der Waals surface area contributed by atoms with Crippen molar-refractivity contribution in [3.05, 3.63) is 58.9 Å².